The molecule has 0 spiro atoms. The molecule has 0 radical (unpaired) electrons. The van der Waals surface area contributed by atoms with E-state index in [0.29, 0.717) is 18.3 Å². The highest BCUT2D eigenvalue weighted by atomic mass is 16.5. The molecule has 0 bridgehead atoms. The normalized spacial score (nSPS) is 21.4. The Labute approximate surface area is 145 Å². The van der Waals surface area contributed by atoms with Crippen LogP contribution in [0.3, 0.4) is 0 Å². The number of nitrogens with one attached hydrogen (secondary N) is 2. The van der Waals surface area contributed by atoms with E-state index in [-0.39, 0.29) is 5.75 Å². The second-order valence-electron chi connectivity index (χ2n) is 6.48. The molecule has 2 rings (SSSR count). The van der Waals surface area contributed by atoms with E-state index < -0.39 is 0 Å². The summed E-state index contributed by atoms with van der Waals surface area (Å²) in [5.74, 6) is 2.33. The number of benzene rings is 1. The number of hydrogen-bond donors (Lipinski definition) is 3. The second-order valence-corrected chi connectivity index (χ2v) is 6.48. The molecule has 1 aliphatic rings. The molecule has 134 valence electrons. The Kier molecular flexibility index (Phi) is 7.22. The molecule has 5 nitrogen and oxygen atoms in total. The van der Waals surface area contributed by atoms with E-state index in [1.54, 1.807) is 19.2 Å². The van der Waals surface area contributed by atoms with Crippen LogP contribution in [0.2, 0.25) is 0 Å². The molecular weight excluding hydrogens is 302 g/mol. The predicted octanol–water partition coefficient (Wildman–Crippen LogP) is 3.42. The third-order valence-corrected chi connectivity index (χ3v) is 4.71. The van der Waals surface area contributed by atoms with Gasteiger partial charge < -0.3 is 20.5 Å². The number of ether oxygens (including phenoxy) is 1. The molecule has 1 aliphatic carbocycles. The molecule has 0 aromatic heterocycles. The zero-order valence-electron chi connectivity index (χ0n) is 15.1. The van der Waals surface area contributed by atoms with E-state index in [9.17, 15) is 5.11 Å². The van der Waals surface area contributed by atoms with Crippen LogP contribution in [0.15, 0.2) is 23.2 Å². The van der Waals surface area contributed by atoms with Crippen molar-refractivity contribution >= 4 is 5.96 Å². The van der Waals surface area contributed by atoms with Crippen LogP contribution in [0.5, 0.6) is 11.5 Å². The van der Waals surface area contributed by atoms with Gasteiger partial charge in [-0.3, -0.25) is 0 Å². The SMILES string of the molecule is CCNC(=NCc1ccc(OC)c(O)c1)NC1CCCC(CC)C1. The van der Waals surface area contributed by atoms with E-state index in [4.69, 9.17) is 4.74 Å². The molecule has 0 amide bonds. The lowest BCUT2D eigenvalue weighted by Crippen LogP contribution is -2.45. The lowest BCUT2D eigenvalue weighted by Gasteiger charge is -2.30. The summed E-state index contributed by atoms with van der Waals surface area (Å²) < 4.78 is 5.07. The largest absolute Gasteiger partial charge is 0.504 e. The third kappa shape index (κ3) is 5.32. The lowest BCUT2D eigenvalue weighted by molar-refractivity contribution is 0.298. The highest BCUT2D eigenvalue weighted by molar-refractivity contribution is 5.80. The van der Waals surface area contributed by atoms with Gasteiger partial charge in [0, 0.05) is 12.6 Å². The fourth-order valence-corrected chi connectivity index (χ4v) is 3.31. The van der Waals surface area contributed by atoms with Crippen molar-refractivity contribution in [2.45, 2.75) is 58.5 Å². The van der Waals surface area contributed by atoms with Crippen molar-refractivity contribution in [3.8, 4) is 11.5 Å². The molecular formula is C19H31N3O2. The van der Waals surface area contributed by atoms with Crippen molar-refractivity contribution in [2.75, 3.05) is 13.7 Å². The molecule has 2 atom stereocenters. The average Bonchev–Trinajstić information content (AvgIpc) is 2.60. The smallest absolute Gasteiger partial charge is 0.191 e. The molecule has 0 saturated heterocycles. The van der Waals surface area contributed by atoms with Gasteiger partial charge in [0.05, 0.1) is 13.7 Å². The summed E-state index contributed by atoms with van der Waals surface area (Å²) in [6.07, 6.45) is 6.35. The van der Waals surface area contributed by atoms with Gasteiger partial charge in [-0.1, -0.05) is 32.3 Å². The van der Waals surface area contributed by atoms with E-state index in [1.807, 2.05) is 6.07 Å². The van der Waals surface area contributed by atoms with Crippen molar-refractivity contribution in [1.29, 1.82) is 0 Å². The molecule has 0 aliphatic heterocycles. The Hall–Kier alpha value is -1.91. The third-order valence-electron chi connectivity index (χ3n) is 4.71. The van der Waals surface area contributed by atoms with Crippen LogP contribution in [-0.2, 0) is 6.54 Å². The molecule has 0 heterocycles. The van der Waals surface area contributed by atoms with Gasteiger partial charge in [-0.2, -0.15) is 0 Å². The molecule has 2 unspecified atom stereocenters. The standard InChI is InChI=1S/C19H31N3O2/c1-4-14-7-6-8-16(11-14)22-19(20-5-2)21-13-15-9-10-18(24-3)17(23)12-15/h9-10,12,14,16,23H,4-8,11,13H2,1-3H3,(H2,20,21,22). The number of nitrogens with zero attached hydrogens (tertiary/aromatic N) is 1. The average molecular weight is 333 g/mol. The Morgan fingerprint density at radius 1 is 1.33 bits per heavy atom. The highest BCUT2D eigenvalue weighted by Crippen LogP contribution is 2.27. The van der Waals surface area contributed by atoms with Crippen LogP contribution in [0, 0.1) is 5.92 Å². The second kappa shape index (κ2) is 9.40. The van der Waals surface area contributed by atoms with Crippen LogP contribution in [0.1, 0.15) is 51.5 Å². The molecule has 1 aromatic carbocycles. The minimum absolute atomic E-state index is 0.154. The first-order valence-corrected chi connectivity index (χ1v) is 9.07. The first-order valence-electron chi connectivity index (χ1n) is 9.07. The zero-order chi connectivity index (χ0) is 17.4. The van der Waals surface area contributed by atoms with Gasteiger partial charge in [0.15, 0.2) is 17.5 Å². The van der Waals surface area contributed by atoms with Crippen LogP contribution in [0.25, 0.3) is 0 Å². The Morgan fingerprint density at radius 2 is 2.17 bits per heavy atom. The van der Waals surface area contributed by atoms with Gasteiger partial charge in [0.2, 0.25) is 0 Å². The first kappa shape index (κ1) is 18.4. The van der Waals surface area contributed by atoms with Crippen LogP contribution >= 0.6 is 0 Å². The quantitative estimate of drug-likeness (QED) is 0.551. The molecule has 24 heavy (non-hydrogen) atoms. The summed E-state index contributed by atoms with van der Waals surface area (Å²) in [4.78, 5) is 4.67. The maximum absolute atomic E-state index is 9.87. The minimum Gasteiger partial charge on any atom is -0.504 e. The van der Waals surface area contributed by atoms with Gasteiger partial charge in [-0.25, -0.2) is 4.99 Å². The fraction of sp³-hybridized carbons (Fsp3) is 0.632. The molecule has 1 saturated carbocycles. The number of guanidine groups is 1. The number of phenols is 1. The topological polar surface area (TPSA) is 65.9 Å². The van der Waals surface area contributed by atoms with Gasteiger partial charge in [-0.05, 0) is 43.4 Å². The van der Waals surface area contributed by atoms with Crippen molar-refractivity contribution < 1.29 is 9.84 Å². The minimum atomic E-state index is 0.154. The summed E-state index contributed by atoms with van der Waals surface area (Å²) in [6.45, 7) is 5.72. The summed E-state index contributed by atoms with van der Waals surface area (Å²) in [5.41, 5.74) is 0.959. The number of aromatic hydroxyl groups is 1. The monoisotopic (exact) mass is 333 g/mol. The maximum atomic E-state index is 9.87. The first-order chi connectivity index (χ1) is 11.7. The number of aliphatic imine (C=N–C) groups is 1. The number of methoxy groups -OCH3 is 1. The van der Waals surface area contributed by atoms with E-state index in [0.717, 1.165) is 24.0 Å². The maximum Gasteiger partial charge on any atom is 0.191 e. The number of hydrogen-bond acceptors (Lipinski definition) is 3. The van der Waals surface area contributed by atoms with Crippen molar-refractivity contribution in [1.82, 2.24) is 10.6 Å². The molecule has 5 heteroatoms. The van der Waals surface area contributed by atoms with Gasteiger partial charge in [0.25, 0.3) is 0 Å². The Balaban J connectivity index is 1.98. The van der Waals surface area contributed by atoms with Crippen LogP contribution in [0.4, 0.5) is 0 Å². The molecule has 3 N–H and O–H groups in total. The van der Waals surface area contributed by atoms with E-state index in [1.165, 1.54) is 32.1 Å². The summed E-state index contributed by atoms with van der Waals surface area (Å²) in [5, 5.41) is 16.8. The van der Waals surface area contributed by atoms with Crippen molar-refractivity contribution in [2.24, 2.45) is 10.9 Å². The van der Waals surface area contributed by atoms with Crippen molar-refractivity contribution in [3.05, 3.63) is 23.8 Å². The molecule has 1 fully saturated rings. The number of phenolic OH excluding ortho intramolecular Hbond substituents is 1. The highest BCUT2D eigenvalue weighted by Gasteiger charge is 2.21. The Bertz CT molecular complexity index is 545. The summed E-state index contributed by atoms with van der Waals surface area (Å²) in [6, 6.07) is 5.91. The lowest BCUT2D eigenvalue weighted by atomic mass is 9.84. The Morgan fingerprint density at radius 3 is 2.83 bits per heavy atom. The fourth-order valence-electron chi connectivity index (χ4n) is 3.31. The van der Waals surface area contributed by atoms with Crippen LogP contribution < -0.4 is 15.4 Å². The summed E-state index contributed by atoms with van der Waals surface area (Å²) in [7, 11) is 1.55. The van der Waals surface area contributed by atoms with Gasteiger partial charge in [0.1, 0.15) is 0 Å². The molecule has 1 aromatic rings. The van der Waals surface area contributed by atoms with Gasteiger partial charge >= 0.3 is 0 Å². The van der Waals surface area contributed by atoms with E-state index in [2.05, 4.69) is 29.5 Å². The van der Waals surface area contributed by atoms with Gasteiger partial charge in [-0.15, -0.1) is 0 Å². The zero-order valence-corrected chi connectivity index (χ0v) is 15.1. The van der Waals surface area contributed by atoms with Crippen molar-refractivity contribution in [3.63, 3.8) is 0 Å². The van der Waals surface area contributed by atoms with E-state index >= 15 is 0 Å². The number of rotatable bonds is 6. The summed E-state index contributed by atoms with van der Waals surface area (Å²) >= 11 is 0. The predicted molar refractivity (Wildman–Crippen MR) is 98.6 cm³/mol. The van der Waals surface area contributed by atoms with Crippen LogP contribution in [-0.4, -0.2) is 30.8 Å².